The van der Waals surface area contributed by atoms with Crippen LogP contribution < -0.4 is 4.74 Å². The largest absolute Gasteiger partial charge is 0.497 e. The maximum Gasteiger partial charge on any atom is 0.228 e. The first-order valence-electron chi connectivity index (χ1n) is 9.73. The second-order valence-corrected chi connectivity index (χ2v) is 9.83. The fourth-order valence-electron chi connectivity index (χ4n) is 3.96. The van der Waals surface area contributed by atoms with Gasteiger partial charge in [-0.15, -0.1) is 0 Å². The van der Waals surface area contributed by atoms with E-state index in [2.05, 4.69) is 0 Å². The van der Waals surface area contributed by atoms with Crippen LogP contribution in [0.4, 0.5) is 0 Å². The fourth-order valence-corrected chi connectivity index (χ4v) is 5.69. The van der Waals surface area contributed by atoms with E-state index in [1.807, 2.05) is 24.3 Å². The summed E-state index contributed by atoms with van der Waals surface area (Å²) in [6.07, 6.45) is 0.589. The van der Waals surface area contributed by atoms with Crippen LogP contribution >= 0.6 is 0 Å². The second-order valence-electron chi connectivity index (χ2n) is 7.60. The van der Waals surface area contributed by atoms with Gasteiger partial charge in [-0.2, -0.15) is 0 Å². The molecule has 2 amide bonds. The molecule has 3 rings (SSSR count). The van der Waals surface area contributed by atoms with Gasteiger partial charge in [0.1, 0.15) is 5.75 Å². The summed E-state index contributed by atoms with van der Waals surface area (Å²) in [4.78, 5) is 28.9. The van der Waals surface area contributed by atoms with Crippen LogP contribution in [-0.2, 0) is 30.7 Å². The van der Waals surface area contributed by atoms with Crippen LogP contribution in [0.5, 0.6) is 5.75 Å². The summed E-state index contributed by atoms with van der Waals surface area (Å²) in [7, 11) is 0.0298. The molecule has 2 unspecified atom stereocenters. The predicted molar refractivity (Wildman–Crippen MR) is 107 cm³/mol. The fraction of sp³-hybridized carbons (Fsp3) is 0.600. The molecule has 1 aromatic carbocycles. The van der Waals surface area contributed by atoms with E-state index in [-0.39, 0.29) is 35.8 Å². The molecular weight excluding hydrogens is 396 g/mol. The minimum atomic E-state index is -3.11. The number of ether oxygens (including phenoxy) is 2. The molecule has 2 atom stereocenters. The van der Waals surface area contributed by atoms with E-state index >= 15 is 0 Å². The van der Waals surface area contributed by atoms with Crippen molar-refractivity contribution in [3.8, 4) is 5.75 Å². The summed E-state index contributed by atoms with van der Waals surface area (Å²) in [5.74, 6) is 0.149. The number of methoxy groups -OCH3 is 2. The maximum atomic E-state index is 13.2. The lowest BCUT2D eigenvalue weighted by atomic mass is 10.1. The second kappa shape index (κ2) is 9.13. The molecule has 0 aromatic heterocycles. The number of rotatable bonds is 8. The Morgan fingerprint density at radius 3 is 2.55 bits per heavy atom. The van der Waals surface area contributed by atoms with E-state index in [0.717, 1.165) is 11.3 Å². The van der Waals surface area contributed by atoms with Crippen molar-refractivity contribution < 1.29 is 27.5 Å². The molecule has 2 aliphatic rings. The average Bonchev–Trinajstić information content (AvgIpc) is 3.24. The smallest absolute Gasteiger partial charge is 0.228 e. The van der Waals surface area contributed by atoms with Gasteiger partial charge >= 0.3 is 0 Å². The van der Waals surface area contributed by atoms with Crippen molar-refractivity contribution in [3.63, 3.8) is 0 Å². The summed E-state index contributed by atoms with van der Waals surface area (Å²) in [5, 5.41) is 0. The van der Waals surface area contributed by atoms with Crippen LogP contribution in [-0.4, -0.2) is 81.5 Å². The first kappa shape index (κ1) is 21.6. The molecule has 2 heterocycles. The van der Waals surface area contributed by atoms with Crippen molar-refractivity contribution in [1.29, 1.82) is 0 Å². The average molecular weight is 425 g/mol. The van der Waals surface area contributed by atoms with Crippen molar-refractivity contribution in [2.75, 3.05) is 45.4 Å². The molecule has 0 spiro atoms. The summed E-state index contributed by atoms with van der Waals surface area (Å²) in [5.41, 5.74) is 0.963. The Bertz CT molecular complexity index is 839. The number of sulfone groups is 1. The molecule has 0 bridgehead atoms. The van der Waals surface area contributed by atoms with E-state index < -0.39 is 15.8 Å². The Morgan fingerprint density at radius 2 is 1.97 bits per heavy atom. The SMILES string of the molecule is COCCN(C(=O)C1CC(=O)N(Cc2ccc(OC)cc2)C1)C1CCS(=O)(=O)C1. The van der Waals surface area contributed by atoms with E-state index in [4.69, 9.17) is 9.47 Å². The number of carbonyl (C=O) groups excluding carboxylic acids is 2. The van der Waals surface area contributed by atoms with E-state index in [9.17, 15) is 18.0 Å². The number of nitrogens with zero attached hydrogens (tertiary/aromatic N) is 2. The van der Waals surface area contributed by atoms with E-state index in [1.54, 1.807) is 24.0 Å². The highest BCUT2D eigenvalue weighted by Gasteiger charge is 2.41. The first-order chi connectivity index (χ1) is 13.8. The zero-order chi connectivity index (χ0) is 21.0. The molecule has 0 N–H and O–H groups in total. The highest BCUT2D eigenvalue weighted by Crippen LogP contribution is 2.26. The minimum Gasteiger partial charge on any atom is -0.497 e. The van der Waals surface area contributed by atoms with Gasteiger partial charge in [0.05, 0.1) is 31.1 Å². The molecular formula is C20H28N2O6S. The predicted octanol–water partition coefficient (Wildman–Crippen LogP) is 0.706. The van der Waals surface area contributed by atoms with Crippen LogP contribution in [0, 0.1) is 5.92 Å². The monoisotopic (exact) mass is 424 g/mol. The number of likely N-dealkylation sites (tertiary alicyclic amines) is 1. The van der Waals surface area contributed by atoms with Crippen LogP contribution in [0.25, 0.3) is 0 Å². The Kier molecular flexibility index (Phi) is 6.79. The zero-order valence-electron chi connectivity index (χ0n) is 16.9. The molecule has 0 saturated carbocycles. The van der Waals surface area contributed by atoms with Crippen LogP contribution in [0.15, 0.2) is 24.3 Å². The van der Waals surface area contributed by atoms with E-state index in [0.29, 0.717) is 32.7 Å². The number of hydrogen-bond donors (Lipinski definition) is 0. The topological polar surface area (TPSA) is 93.2 Å². The third kappa shape index (κ3) is 5.27. The minimum absolute atomic E-state index is 0.0152. The van der Waals surface area contributed by atoms with Gasteiger partial charge in [0, 0.05) is 39.2 Å². The summed E-state index contributed by atoms with van der Waals surface area (Å²) in [6, 6.07) is 7.13. The van der Waals surface area contributed by atoms with Gasteiger partial charge < -0.3 is 19.3 Å². The van der Waals surface area contributed by atoms with Crippen LogP contribution in [0.2, 0.25) is 0 Å². The van der Waals surface area contributed by atoms with Gasteiger partial charge in [-0.3, -0.25) is 9.59 Å². The van der Waals surface area contributed by atoms with Gasteiger partial charge in [-0.05, 0) is 24.1 Å². The van der Waals surface area contributed by atoms with Gasteiger partial charge in [-0.1, -0.05) is 12.1 Å². The van der Waals surface area contributed by atoms with Crippen LogP contribution in [0.1, 0.15) is 18.4 Å². The van der Waals surface area contributed by atoms with Crippen molar-refractivity contribution >= 4 is 21.7 Å². The maximum absolute atomic E-state index is 13.2. The molecule has 0 aliphatic carbocycles. The Labute approximate surface area is 171 Å². The molecule has 160 valence electrons. The summed E-state index contributed by atoms with van der Waals surface area (Å²) >= 11 is 0. The molecule has 1 aromatic rings. The number of amides is 2. The van der Waals surface area contributed by atoms with Gasteiger partial charge in [-0.25, -0.2) is 8.42 Å². The quantitative estimate of drug-likeness (QED) is 0.610. The van der Waals surface area contributed by atoms with Gasteiger partial charge in [0.15, 0.2) is 9.84 Å². The summed E-state index contributed by atoms with van der Waals surface area (Å²) in [6.45, 7) is 1.44. The number of hydrogen-bond acceptors (Lipinski definition) is 6. The lowest BCUT2D eigenvalue weighted by Gasteiger charge is -2.30. The molecule has 2 fully saturated rings. The highest BCUT2D eigenvalue weighted by molar-refractivity contribution is 7.91. The highest BCUT2D eigenvalue weighted by atomic mass is 32.2. The molecule has 2 aliphatic heterocycles. The van der Waals surface area contributed by atoms with Crippen molar-refractivity contribution in [2.24, 2.45) is 5.92 Å². The Hall–Kier alpha value is -2.13. The molecule has 9 heteroatoms. The van der Waals surface area contributed by atoms with Gasteiger partial charge in [0.2, 0.25) is 11.8 Å². The first-order valence-corrected chi connectivity index (χ1v) is 11.6. The Balaban J connectivity index is 1.66. The molecule has 29 heavy (non-hydrogen) atoms. The van der Waals surface area contributed by atoms with Crippen molar-refractivity contribution in [3.05, 3.63) is 29.8 Å². The van der Waals surface area contributed by atoms with E-state index in [1.165, 1.54) is 0 Å². The Morgan fingerprint density at radius 1 is 1.24 bits per heavy atom. The molecule has 0 radical (unpaired) electrons. The van der Waals surface area contributed by atoms with Gasteiger partial charge in [0.25, 0.3) is 0 Å². The van der Waals surface area contributed by atoms with Crippen molar-refractivity contribution in [1.82, 2.24) is 9.80 Å². The number of benzene rings is 1. The zero-order valence-corrected chi connectivity index (χ0v) is 17.7. The lowest BCUT2D eigenvalue weighted by molar-refractivity contribution is -0.138. The third-order valence-electron chi connectivity index (χ3n) is 5.56. The lowest BCUT2D eigenvalue weighted by Crippen LogP contribution is -2.46. The molecule has 8 nitrogen and oxygen atoms in total. The number of carbonyl (C=O) groups is 2. The normalized spacial score (nSPS) is 23.4. The standard InChI is InChI=1S/C20H28N2O6S/c1-27-9-8-22(17-7-10-29(25,26)14-17)20(24)16-11-19(23)21(13-16)12-15-3-5-18(28-2)6-4-15/h3-6,16-17H,7-14H2,1-2H3. The van der Waals surface area contributed by atoms with Crippen molar-refractivity contribution in [2.45, 2.75) is 25.4 Å². The third-order valence-corrected chi connectivity index (χ3v) is 7.32. The summed E-state index contributed by atoms with van der Waals surface area (Å²) < 4.78 is 34.0. The van der Waals surface area contributed by atoms with Crippen LogP contribution in [0.3, 0.4) is 0 Å². The molecule has 2 saturated heterocycles.